The van der Waals surface area contributed by atoms with E-state index in [0.717, 1.165) is 5.56 Å². The number of rotatable bonds is 17. The van der Waals surface area contributed by atoms with Crippen molar-refractivity contribution in [2.75, 3.05) is 23.4 Å². The van der Waals surface area contributed by atoms with Gasteiger partial charge in [0.2, 0.25) is 11.8 Å². The molecule has 5 amide bonds. The van der Waals surface area contributed by atoms with Crippen LogP contribution in [0.15, 0.2) is 72.8 Å². The first-order chi connectivity index (χ1) is 22.9. The fourth-order valence-electron chi connectivity index (χ4n) is 4.71. The van der Waals surface area contributed by atoms with E-state index in [-0.39, 0.29) is 55.6 Å². The number of aryl methyl sites for hydroxylation is 1. The average molecular weight is 659 g/mol. The van der Waals surface area contributed by atoms with Crippen LogP contribution < -0.4 is 32.3 Å². The topological polar surface area (TPSA) is 209 Å². The summed E-state index contributed by atoms with van der Waals surface area (Å²) in [5, 5.41) is 22.6. The maximum Gasteiger partial charge on any atom is 0.326 e. The van der Waals surface area contributed by atoms with Gasteiger partial charge in [-0.2, -0.15) is 0 Å². The Balaban J connectivity index is 1.57. The summed E-state index contributed by atoms with van der Waals surface area (Å²) in [6, 6.07) is 18.0. The van der Waals surface area contributed by atoms with Crippen LogP contribution in [0.5, 0.6) is 0 Å². The second-order valence-electron chi connectivity index (χ2n) is 11.4. The smallest absolute Gasteiger partial charge is 0.326 e. The molecule has 254 valence electrons. The number of aliphatic carboxylic acids is 1. The standard InChI is InChI=1S/C35H42N6O7/c1-22(42)3-4-23-5-13-27(14-6-23)38-31(43)19-17-29(40-33(45)25-9-11-26(36)12-10-25)18-20-32(44)39-28-15-7-24(8-16-28)21-30(34(46)47)41-35(48)37-2/h5-16,29-30H,3-4,17-21,36H2,1-2H3,(H,38,43)(H,39,44)(H,40,45)(H,46,47)(H2,37,41,48). The molecule has 0 saturated carbocycles. The summed E-state index contributed by atoms with van der Waals surface area (Å²) in [4.78, 5) is 72.9. The van der Waals surface area contributed by atoms with E-state index in [1.165, 1.54) is 7.05 Å². The van der Waals surface area contributed by atoms with Gasteiger partial charge < -0.3 is 42.2 Å². The third-order valence-electron chi connectivity index (χ3n) is 7.46. The van der Waals surface area contributed by atoms with E-state index in [4.69, 9.17) is 5.73 Å². The molecule has 0 aliphatic heterocycles. The summed E-state index contributed by atoms with van der Waals surface area (Å²) >= 11 is 0. The summed E-state index contributed by atoms with van der Waals surface area (Å²) in [6.07, 6.45) is 1.81. The zero-order valence-electron chi connectivity index (χ0n) is 27.0. The average Bonchev–Trinajstić information content (AvgIpc) is 3.06. The molecule has 2 unspecified atom stereocenters. The molecule has 0 fully saturated rings. The van der Waals surface area contributed by atoms with E-state index < -0.39 is 24.1 Å². The van der Waals surface area contributed by atoms with E-state index in [1.807, 2.05) is 12.1 Å². The van der Waals surface area contributed by atoms with Gasteiger partial charge in [0.05, 0.1) is 0 Å². The highest BCUT2D eigenvalue weighted by molar-refractivity contribution is 5.95. The summed E-state index contributed by atoms with van der Waals surface area (Å²) in [5.74, 6) is -1.99. The number of benzene rings is 3. The van der Waals surface area contributed by atoms with Crippen molar-refractivity contribution in [3.63, 3.8) is 0 Å². The molecule has 48 heavy (non-hydrogen) atoms. The van der Waals surface area contributed by atoms with Crippen LogP contribution >= 0.6 is 0 Å². The maximum atomic E-state index is 13.0. The predicted molar refractivity (Wildman–Crippen MR) is 182 cm³/mol. The largest absolute Gasteiger partial charge is 0.480 e. The molecule has 0 heterocycles. The molecule has 13 heteroatoms. The maximum absolute atomic E-state index is 13.0. The van der Waals surface area contributed by atoms with Crippen molar-refractivity contribution in [1.29, 1.82) is 0 Å². The van der Waals surface area contributed by atoms with Gasteiger partial charge in [-0.25, -0.2) is 9.59 Å². The molecule has 0 aliphatic rings. The van der Waals surface area contributed by atoms with E-state index in [1.54, 1.807) is 67.6 Å². The van der Waals surface area contributed by atoms with Gasteiger partial charge in [0.1, 0.15) is 11.8 Å². The van der Waals surface area contributed by atoms with Crippen LogP contribution in [0, 0.1) is 0 Å². The van der Waals surface area contributed by atoms with Gasteiger partial charge in [0.15, 0.2) is 0 Å². The third-order valence-corrected chi connectivity index (χ3v) is 7.46. The molecule has 8 N–H and O–H groups in total. The highest BCUT2D eigenvalue weighted by Crippen LogP contribution is 2.16. The summed E-state index contributed by atoms with van der Waals surface area (Å²) in [6.45, 7) is 1.55. The second-order valence-corrected chi connectivity index (χ2v) is 11.4. The van der Waals surface area contributed by atoms with E-state index in [0.29, 0.717) is 41.0 Å². The molecule has 0 aliphatic carbocycles. The van der Waals surface area contributed by atoms with Gasteiger partial charge in [-0.3, -0.25) is 14.4 Å². The van der Waals surface area contributed by atoms with Crippen molar-refractivity contribution in [1.82, 2.24) is 16.0 Å². The van der Waals surface area contributed by atoms with Crippen LogP contribution in [0.1, 0.15) is 60.5 Å². The Bertz CT molecular complexity index is 1570. The quantitative estimate of drug-likeness (QED) is 0.106. The normalized spacial score (nSPS) is 11.8. The van der Waals surface area contributed by atoms with Crippen molar-refractivity contribution < 1.29 is 33.9 Å². The van der Waals surface area contributed by atoms with E-state index in [9.17, 15) is 33.9 Å². The highest BCUT2D eigenvalue weighted by Gasteiger charge is 2.20. The Hall–Kier alpha value is -5.72. The number of carboxylic acids is 1. The number of anilines is 3. The van der Waals surface area contributed by atoms with Crippen molar-refractivity contribution in [3.8, 4) is 0 Å². The number of amides is 5. The fraction of sp³-hybridized carbons (Fsp3) is 0.314. The minimum absolute atomic E-state index is 0.0480. The Kier molecular flexibility index (Phi) is 14.1. The fourth-order valence-corrected chi connectivity index (χ4v) is 4.71. The number of nitrogen functional groups attached to an aromatic ring is 1. The summed E-state index contributed by atoms with van der Waals surface area (Å²) in [7, 11) is 1.39. The van der Waals surface area contributed by atoms with Crippen LogP contribution in [-0.2, 0) is 32.0 Å². The van der Waals surface area contributed by atoms with Crippen LogP contribution in [0.4, 0.5) is 21.9 Å². The molecule has 3 aromatic rings. The van der Waals surface area contributed by atoms with Crippen molar-refractivity contribution in [3.05, 3.63) is 89.5 Å². The molecule has 0 bridgehead atoms. The number of hydrogen-bond donors (Lipinski definition) is 7. The lowest BCUT2D eigenvalue weighted by atomic mass is 10.0. The van der Waals surface area contributed by atoms with Gasteiger partial charge in [-0.1, -0.05) is 24.3 Å². The number of urea groups is 1. The molecule has 0 spiro atoms. The zero-order chi connectivity index (χ0) is 35.1. The molecule has 3 aromatic carbocycles. The Morgan fingerprint density at radius 1 is 0.708 bits per heavy atom. The van der Waals surface area contributed by atoms with Crippen LogP contribution in [-0.4, -0.2) is 59.7 Å². The minimum Gasteiger partial charge on any atom is -0.480 e. The molecular weight excluding hydrogens is 616 g/mol. The number of ketones is 1. The Morgan fingerprint density at radius 2 is 1.23 bits per heavy atom. The molecule has 0 saturated heterocycles. The van der Waals surface area contributed by atoms with Crippen molar-refractivity contribution in [2.45, 2.75) is 64.0 Å². The number of carboxylic acid groups (broad SMARTS) is 1. The zero-order valence-corrected chi connectivity index (χ0v) is 27.0. The Morgan fingerprint density at radius 3 is 1.71 bits per heavy atom. The lowest BCUT2D eigenvalue weighted by molar-refractivity contribution is -0.139. The molecule has 2 atom stereocenters. The first-order valence-corrected chi connectivity index (χ1v) is 15.6. The van der Waals surface area contributed by atoms with Gasteiger partial charge >= 0.3 is 12.0 Å². The molecule has 0 radical (unpaired) electrons. The lowest BCUT2D eigenvalue weighted by Crippen LogP contribution is -2.46. The van der Waals surface area contributed by atoms with Gasteiger partial charge in [0.25, 0.3) is 5.91 Å². The molecular formula is C35H42N6O7. The lowest BCUT2D eigenvalue weighted by Gasteiger charge is -2.19. The van der Waals surface area contributed by atoms with Crippen molar-refractivity contribution in [2.24, 2.45) is 0 Å². The predicted octanol–water partition coefficient (Wildman–Crippen LogP) is 3.65. The minimum atomic E-state index is -1.18. The SMILES string of the molecule is CNC(=O)NC(Cc1ccc(NC(=O)CCC(CCC(=O)Nc2ccc(CCC(C)=O)cc2)NC(=O)c2ccc(N)cc2)cc1)C(=O)O. The van der Waals surface area contributed by atoms with E-state index in [2.05, 4.69) is 26.6 Å². The van der Waals surface area contributed by atoms with Gasteiger partial charge in [0, 0.05) is 61.4 Å². The van der Waals surface area contributed by atoms with Gasteiger partial charge in [-0.15, -0.1) is 0 Å². The number of nitrogens with one attached hydrogen (secondary N) is 5. The van der Waals surface area contributed by atoms with Crippen LogP contribution in [0.2, 0.25) is 0 Å². The first-order valence-electron chi connectivity index (χ1n) is 15.6. The number of nitrogens with two attached hydrogens (primary N) is 1. The molecule has 0 aromatic heterocycles. The van der Waals surface area contributed by atoms with E-state index >= 15 is 0 Å². The highest BCUT2D eigenvalue weighted by atomic mass is 16.4. The monoisotopic (exact) mass is 658 g/mol. The Labute approximate surface area is 279 Å². The number of carbonyl (C=O) groups excluding carboxylic acids is 5. The summed E-state index contributed by atoms with van der Waals surface area (Å²) < 4.78 is 0. The molecule has 13 nitrogen and oxygen atoms in total. The second kappa shape index (κ2) is 18.4. The number of Topliss-reactive ketones (excluding diaryl/α,β-unsaturated/α-hetero) is 1. The van der Waals surface area contributed by atoms with Gasteiger partial charge in [-0.05, 0) is 85.8 Å². The first kappa shape index (κ1) is 36.7. The summed E-state index contributed by atoms with van der Waals surface area (Å²) in [5.41, 5.74) is 9.38. The molecule has 3 rings (SSSR count). The number of carbonyl (C=O) groups is 6. The number of hydrogen-bond acceptors (Lipinski definition) is 7. The van der Waals surface area contributed by atoms with Crippen LogP contribution in [0.3, 0.4) is 0 Å². The van der Waals surface area contributed by atoms with Crippen LogP contribution in [0.25, 0.3) is 0 Å². The van der Waals surface area contributed by atoms with Crippen molar-refractivity contribution >= 4 is 52.6 Å². The third kappa shape index (κ3) is 12.9.